The lowest BCUT2D eigenvalue weighted by molar-refractivity contribution is -0.166. The molecule has 5 heteroatoms. The molecule has 0 aromatic carbocycles. The highest BCUT2D eigenvalue weighted by Crippen LogP contribution is 2.64. The largest absolute Gasteiger partial charge is 0.459 e. The molecular formula is C17H29NO4. The van der Waals surface area contributed by atoms with E-state index in [4.69, 9.17) is 9.47 Å². The molecule has 2 rings (SSSR count). The van der Waals surface area contributed by atoms with Crippen LogP contribution in [0.3, 0.4) is 0 Å². The van der Waals surface area contributed by atoms with E-state index in [-0.39, 0.29) is 17.4 Å². The van der Waals surface area contributed by atoms with Gasteiger partial charge in [0.2, 0.25) is 5.91 Å². The fourth-order valence-electron chi connectivity index (χ4n) is 3.21. The fourth-order valence-corrected chi connectivity index (χ4v) is 3.21. The summed E-state index contributed by atoms with van der Waals surface area (Å²) in [5.41, 5.74) is -1.99. The van der Waals surface area contributed by atoms with Crippen molar-refractivity contribution in [1.82, 2.24) is 5.32 Å². The Morgan fingerprint density at radius 1 is 1.32 bits per heavy atom. The van der Waals surface area contributed by atoms with E-state index in [0.29, 0.717) is 18.9 Å². The maximum Gasteiger partial charge on any atom is 0.322 e. The molecule has 1 N–H and O–H groups in total. The van der Waals surface area contributed by atoms with E-state index >= 15 is 0 Å². The van der Waals surface area contributed by atoms with Gasteiger partial charge in [-0.05, 0) is 46.0 Å². The van der Waals surface area contributed by atoms with Crippen LogP contribution < -0.4 is 5.32 Å². The van der Waals surface area contributed by atoms with Gasteiger partial charge < -0.3 is 14.8 Å². The molecule has 1 heterocycles. The zero-order chi connectivity index (χ0) is 16.8. The number of nitrogens with one attached hydrogen (secondary N) is 1. The highest BCUT2D eigenvalue weighted by molar-refractivity contribution is 6.07. The molecule has 0 aromatic rings. The molecule has 3 unspecified atom stereocenters. The highest BCUT2D eigenvalue weighted by Gasteiger charge is 2.73. The van der Waals surface area contributed by atoms with Crippen molar-refractivity contribution < 1.29 is 19.1 Å². The molecule has 3 atom stereocenters. The average molecular weight is 311 g/mol. The molecule has 2 fully saturated rings. The van der Waals surface area contributed by atoms with E-state index in [1.807, 2.05) is 41.5 Å². The molecule has 0 spiro atoms. The van der Waals surface area contributed by atoms with Gasteiger partial charge in [0.1, 0.15) is 5.60 Å². The van der Waals surface area contributed by atoms with Gasteiger partial charge in [0.25, 0.3) is 0 Å². The van der Waals surface area contributed by atoms with Crippen molar-refractivity contribution in [2.75, 3.05) is 13.2 Å². The third-order valence-corrected chi connectivity index (χ3v) is 4.90. The quantitative estimate of drug-likeness (QED) is 0.639. The molecule has 1 saturated carbocycles. The summed E-state index contributed by atoms with van der Waals surface area (Å²) in [7, 11) is 0. The minimum Gasteiger partial charge on any atom is -0.459 e. The minimum absolute atomic E-state index is 0.00529. The first-order chi connectivity index (χ1) is 9.99. The van der Waals surface area contributed by atoms with Crippen LogP contribution in [0.2, 0.25) is 0 Å². The van der Waals surface area contributed by atoms with Crippen LogP contribution in [0.1, 0.15) is 54.4 Å². The topological polar surface area (TPSA) is 64.6 Å². The van der Waals surface area contributed by atoms with Crippen molar-refractivity contribution in [2.24, 2.45) is 16.7 Å². The molecule has 126 valence electrons. The molecule has 5 nitrogen and oxygen atoms in total. The zero-order valence-electron chi connectivity index (χ0n) is 14.6. The number of esters is 1. The van der Waals surface area contributed by atoms with Gasteiger partial charge in [0, 0.05) is 18.6 Å². The van der Waals surface area contributed by atoms with E-state index in [9.17, 15) is 9.59 Å². The Morgan fingerprint density at radius 2 is 1.91 bits per heavy atom. The Hall–Kier alpha value is -1.10. The van der Waals surface area contributed by atoms with E-state index < -0.39 is 17.0 Å². The summed E-state index contributed by atoms with van der Waals surface area (Å²) in [6.07, 6.45) is 1.49. The normalized spacial score (nSPS) is 31.5. The summed E-state index contributed by atoms with van der Waals surface area (Å²) in [4.78, 5) is 25.4. The number of hydrogen-bond acceptors (Lipinski definition) is 4. The summed E-state index contributed by atoms with van der Waals surface area (Å²) >= 11 is 0. The second-order valence-corrected chi connectivity index (χ2v) is 8.35. The first-order valence-corrected chi connectivity index (χ1v) is 8.12. The fraction of sp³-hybridized carbons (Fsp3) is 0.882. The van der Waals surface area contributed by atoms with Crippen molar-refractivity contribution in [3.63, 3.8) is 0 Å². The molecule has 1 aliphatic carbocycles. The van der Waals surface area contributed by atoms with Crippen LogP contribution in [-0.4, -0.2) is 36.7 Å². The van der Waals surface area contributed by atoms with E-state index in [2.05, 4.69) is 5.32 Å². The monoisotopic (exact) mass is 311 g/mol. The van der Waals surface area contributed by atoms with Crippen LogP contribution in [0.5, 0.6) is 0 Å². The maximum absolute atomic E-state index is 12.8. The smallest absolute Gasteiger partial charge is 0.322 e. The second-order valence-electron chi connectivity index (χ2n) is 8.35. The van der Waals surface area contributed by atoms with Crippen LogP contribution in [-0.2, 0) is 19.1 Å². The molecule has 2 aliphatic rings. The summed E-state index contributed by atoms with van der Waals surface area (Å²) in [5, 5.41) is 3.03. The summed E-state index contributed by atoms with van der Waals surface area (Å²) in [5.74, 6) is -0.287. The maximum atomic E-state index is 12.8. The van der Waals surface area contributed by atoms with Crippen LogP contribution in [0.25, 0.3) is 0 Å². The molecule has 22 heavy (non-hydrogen) atoms. The van der Waals surface area contributed by atoms with Gasteiger partial charge in [-0.3, -0.25) is 9.59 Å². The first kappa shape index (κ1) is 17.3. The Morgan fingerprint density at radius 3 is 2.32 bits per heavy atom. The molecule has 1 aliphatic heterocycles. The van der Waals surface area contributed by atoms with Crippen LogP contribution in [0.4, 0.5) is 0 Å². The van der Waals surface area contributed by atoms with Gasteiger partial charge in [-0.1, -0.05) is 13.8 Å². The van der Waals surface area contributed by atoms with Crippen LogP contribution >= 0.6 is 0 Å². The van der Waals surface area contributed by atoms with E-state index in [1.54, 1.807) is 0 Å². The zero-order valence-corrected chi connectivity index (χ0v) is 14.6. The van der Waals surface area contributed by atoms with Crippen molar-refractivity contribution in [2.45, 2.75) is 66.0 Å². The molecular weight excluding hydrogens is 282 g/mol. The van der Waals surface area contributed by atoms with Gasteiger partial charge >= 0.3 is 5.97 Å². The average Bonchev–Trinajstić information content (AvgIpc) is 2.76. The second kappa shape index (κ2) is 5.52. The Balaban J connectivity index is 2.08. The summed E-state index contributed by atoms with van der Waals surface area (Å²) in [6, 6.07) is 0.00529. The number of rotatable bonds is 4. The predicted molar refractivity (Wildman–Crippen MR) is 83.2 cm³/mol. The molecule has 0 radical (unpaired) electrons. The lowest BCUT2D eigenvalue weighted by Crippen LogP contribution is -2.48. The van der Waals surface area contributed by atoms with Crippen molar-refractivity contribution in [3.05, 3.63) is 0 Å². The summed E-state index contributed by atoms with van der Waals surface area (Å²) < 4.78 is 10.9. The summed E-state index contributed by atoms with van der Waals surface area (Å²) in [6.45, 7) is 12.8. The SMILES string of the molecule is CC(NC(=O)C1(C(=O)OC(C)(C)C)CC1(C)C)C1CCOC1. The number of ether oxygens (including phenoxy) is 2. The third-order valence-electron chi connectivity index (χ3n) is 4.90. The first-order valence-electron chi connectivity index (χ1n) is 8.12. The number of amides is 1. The third kappa shape index (κ3) is 3.14. The molecule has 1 amide bonds. The molecule has 1 saturated heterocycles. The van der Waals surface area contributed by atoms with Crippen molar-refractivity contribution in [1.29, 1.82) is 0 Å². The minimum atomic E-state index is -1.05. The molecule has 0 aromatic heterocycles. The van der Waals surface area contributed by atoms with Crippen molar-refractivity contribution >= 4 is 11.9 Å². The Labute approximate surface area is 133 Å². The number of hydrogen-bond donors (Lipinski definition) is 1. The Kier molecular flexibility index (Phi) is 4.33. The number of carbonyl (C=O) groups excluding carboxylic acids is 2. The van der Waals surface area contributed by atoms with Gasteiger partial charge in [-0.15, -0.1) is 0 Å². The lowest BCUT2D eigenvalue weighted by atomic mass is 9.92. The highest BCUT2D eigenvalue weighted by atomic mass is 16.6. The Bertz CT molecular complexity index is 460. The van der Waals surface area contributed by atoms with Gasteiger partial charge in [-0.2, -0.15) is 0 Å². The molecule has 0 bridgehead atoms. The van der Waals surface area contributed by atoms with E-state index in [1.165, 1.54) is 0 Å². The number of carbonyl (C=O) groups is 2. The van der Waals surface area contributed by atoms with Gasteiger partial charge in [0.05, 0.1) is 6.61 Å². The standard InChI is InChI=1S/C17H29NO4/c1-11(12-7-8-21-9-12)18-13(19)17(10-16(17,5)6)14(20)22-15(2,3)4/h11-12H,7-10H2,1-6H3,(H,18,19). The van der Waals surface area contributed by atoms with Crippen LogP contribution in [0.15, 0.2) is 0 Å². The lowest BCUT2D eigenvalue weighted by Gasteiger charge is -2.27. The van der Waals surface area contributed by atoms with E-state index in [0.717, 1.165) is 13.0 Å². The van der Waals surface area contributed by atoms with Gasteiger partial charge in [0.15, 0.2) is 5.41 Å². The van der Waals surface area contributed by atoms with Gasteiger partial charge in [-0.25, -0.2) is 0 Å². The van der Waals surface area contributed by atoms with Crippen molar-refractivity contribution in [3.8, 4) is 0 Å². The van der Waals surface area contributed by atoms with Crippen LogP contribution in [0, 0.1) is 16.7 Å². The predicted octanol–water partition coefficient (Wildman–Crippen LogP) is 2.29.